The van der Waals surface area contributed by atoms with Crippen molar-refractivity contribution < 1.29 is 4.79 Å². The molecule has 1 aromatic heterocycles. The lowest BCUT2D eigenvalue weighted by Crippen LogP contribution is -2.34. The predicted molar refractivity (Wildman–Crippen MR) is 99.1 cm³/mol. The van der Waals surface area contributed by atoms with Crippen molar-refractivity contribution in [3.05, 3.63) is 35.5 Å². The number of nitrogens with one attached hydrogen (secondary N) is 3. The van der Waals surface area contributed by atoms with Crippen LogP contribution in [-0.4, -0.2) is 30.5 Å². The highest BCUT2D eigenvalue weighted by molar-refractivity contribution is 5.86. The van der Waals surface area contributed by atoms with Crippen molar-refractivity contribution in [2.75, 3.05) is 19.6 Å². The fraction of sp³-hybridized carbons (Fsp3) is 0.550. The minimum absolute atomic E-state index is 0.192. The summed E-state index contributed by atoms with van der Waals surface area (Å²) in [6, 6.07) is 6.36. The second-order valence-corrected chi connectivity index (χ2v) is 7.18. The van der Waals surface area contributed by atoms with Gasteiger partial charge < -0.3 is 15.6 Å². The van der Waals surface area contributed by atoms with E-state index in [1.165, 1.54) is 34.9 Å². The molecule has 3 rings (SSSR count). The molecule has 1 atom stereocenters. The third-order valence-corrected chi connectivity index (χ3v) is 5.42. The standard InChI is InChI=1S/C20H29N3O/c1-14-4-3-5-18-17(13-23-20(14)18)8-11-22-19(24)12-15(2)16-6-9-21-10-7-16/h3-5,13,15-16,21,23H,6-12H2,1-2H3,(H,22,24). The Morgan fingerprint density at radius 3 is 2.92 bits per heavy atom. The van der Waals surface area contributed by atoms with Gasteiger partial charge in [-0.1, -0.05) is 25.1 Å². The molecular formula is C20H29N3O. The number of aromatic amines is 1. The van der Waals surface area contributed by atoms with Crippen molar-refractivity contribution in [1.29, 1.82) is 0 Å². The van der Waals surface area contributed by atoms with Crippen LogP contribution in [0.5, 0.6) is 0 Å². The Morgan fingerprint density at radius 2 is 2.12 bits per heavy atom. The summed E-state index contributed by atoms with van der Waals surface area (Å²) in [6.07, 6.45) is 5.99. The van der Waals surface area contributed by atoms with Crippen molar-refractivity contribution in [3.8, 4) is 0 Å². The van der Waals surface area contributed by atoms with E-state index >= 15 is 0 Å². The lowest BCUT2D eigenvalue weighted by Gasteiger charge is -2.27. The molecule has 1 saturated heterocycles. The van der Waals surface area contributed by atoms with Gasteiger partial charge in [0.15, 0.2) is 0 Å². The number of carbonyl (C=O) groups is 1. The Balaban J connectivity index is 1.47. The highest BCUT2D eigenvalue weighted by Gasteiger charge is 2.21. The second-order valence-electron chi connectivity index (χ2n) is 7.18. The van der Waals surface area contributed by atoms with E-state index in [4.69, 9.17) is 0 Å². The molecule has 24 heavy (non-hydrogen) atoms. The summed E-state index contributed by atoms with van der Waals surface area (Å²) < 4.78 is 0. The molecule has 1 aliphatic rings. The number of hydrogen-bond donors (Lipinski definition) is 3. The van der Waals surface area contributed by atoms with Crippen molar-refractivity contribution in [2.24, 2.45) is 11.8 Å². The molecule has 130 valence electrons. The zero-order valence-electron chi connectivity index (χ0n) is 14.8. The monoisotopic (exact) mass is 327 g/mol. The third kappa shape index (κ3) is 3.99. The van der Waals surface area contributed by atoms with E-state index in [0.717, 1.165) is 19.5 Å². The van der Waals surface area contributed by atoms with E-state index in [-0.39, 0.29) is 5.91 Å². The third-order valence-electron chi connectivity index (χ3n) is 5.42. The summed E-state index contributed by atoms with van der Waals surface area (Å²) >= 11 is 0. The molecule has 4 heteroatoms. The van der Waals surface area contributed by atoms with Gasteiger partial charge in [0.05, 0.1) is 0 Å². The first-order valence-corrected chi connectivity index (χ1v) is 9.18. The van der Waals surface area contributed by atoms with Gasteiger partial charge in [0.25, 0.3) is 0 Å². The number of amides is 1. The van der Waals surface area contributed by atoms with Crippen molar-refractivity contribution >= 4 is 16.8 Å². The number of carbonyl (C=O) groups excluding carboxylic acids is 1. The van der Waals surface area contributed by atoms with Gasteiger partial charge in [0, 0.05) is 30.1 Å². The van der Waals surface area contributed by atoms with E-state index in [1.54, 1.807) is 0 Å². The van der Waals surface area contributed by atoms with Crippen LogP contribution in [0, 0.1) is 18.8 Å². The molecule has 0 saturated carbocycles. The van der Waals surface area contributed by atoms with E-state index < -0.39 is 0 Å². The van der Waals surface area contributed by atoms with Gasteiger partial charge in [-0.05, 0) is 62.2 Å². The fourth-order valence-corrected chi connectivity index (χ4v) is 3.85. The molecule has 1 aromatic carbocycles. The number of piperidine rings is 1. The van der Waals surface area contributed by atoms with E-state index in [2.05, 4.69) is 53.9 Å². The molecule has 1 aliphatic heterocycles. The van der Waals surface area contributed by atoms with Crippen LogP contribution >= 0.6 is 0 Å². The van der Waals surface area contributed by atoms with E-state index in [0.29, 0.717) is 24.8 Å². The summed E-state index contributed by atoms with van der Waals surface area (Å²) in [5, 5.41) is 7.76. The normalized spacial score (nSPS) is 17.1. The molecule has 4 nitrogen and oxygen atoms in total. The Hall–Kier alpha value is -1.81. The van der Waals surface area contributed by atoms with Crippen LogP contribution in [0.15, 0.2) is 24.4 Å². The maximum atomic E-state index is 12.2. The molecule has 0 spiro atoms. The number of para-hydroxylation sites is 1. The Bertz CT molecular complexity index is 685. The second kappa shape index (κ2) is 7.84. The number of H-pyrrole nitrogens is 1. The molecule has 0 radical (unpaired) electrons. The maximum Gasteiger partial charge on any atom is 0.220 e. The van der Waals surface area contributed by atoms with Crippen molar-refractivity contribution in [2.45, 2.75) is 39.5 Å². The largest absolute Gasteiger partial charge is 0.361 e. The van der Waals surface area contributed by atoms with Crippen LogP contribution in [0.3, 0.4) is 0 Å². The Morgan fingerprint density at radius 1 is 1.33 bits per heavy atom. The first kappa shape index (κ1) is 17.0. The molecule has 1 unspecified atom stereocenters. The lowest BCUT2D eigenvalue weighted by molar-refractivity contribution is -0.122. The molecule has 1 amide bonds. The number of hydrogen-bond acceptors (Lipinski definition) is 2. The van der Waals surface area contributed by atoms with Gasteiger partial charge in [-0.15, -0.1) is 0 Å². The van der Waals surface area contributed by atoms with Crippen LogP contribution < -0.4 is 10.6 Å². The van der Waals surface area contributed by atoms with E-state index in [1.807, 2.05) is 0 Å². The summed E-state index contributed by atoms with van der Waals surface area (Å²) in [7, 11) is 0. The number of aryl methyl sites for hydroxylation is 1. The maximum absolute atomic E-state index is 12.2. The average Bonchev–Trinajstić information content (AvgIpc) is 3.00. The van der Waals surface area contributed by atoms with Gasteiger partial charge in [0.2, 0.25) is 5.91 Å². The highest BCUT2D eigenvalue weighted by Crippen LogP contribution is 2.24. The number of fused-ring (bicyclic) bond motifs is 1. The van der Waals surface area contributed by atoms with Crippen LogP contribution in [0.1, 0.15) is 37.3 Å². The SMILES string of the molecule is Cc1cccc2c(CCNC(=O)CC(C)C3CCNCC3)c[nH]c12. The van der Waals surface area contributed by atoms with Crippen LogP contribution in [-0.2, 0) is 11.2 Å². The minimum Gasteiger partial charge on any atom is -0.361 e. The summed E-state index contributed by atoms with van der Waals surface area (Å²) in [5.41, 5.74) is 3.75. The number of benzene rings is 1. The topological polar surface area (TPSA) is 56.9 Å². The summed E-state index contributed by atoms with van der Waals surface area (Å²) in [5.74, 6) is 1.36. The minimum atomic E-state index is 0.192. The highest BCUT2D eigenvalue weighted by atomic mass is 16.1. The van der Waals surface area contributed by atoms with Gasteiger partial charge >= 0.3 is 0 Å². The molecule has 1 fully saturated rings. The molecule has 2 heterocycles. The summed E-state index contributed by atoms with van der Waals surface area (Å²) in [4.78, 5) is 15.6. The zero-order valence-corrected chi connectivity index (χ0v) is 14.8. The first-order valence-electron chi connectivity index (χ1n) is 9.18. The Kier molecular flexibility index (Phi) is 5.56. The molecular weight excluding hydrogens is 298 g/mol. The van der Waals surface area contributed by atoms with Crippen molar-refractivity contribution in [3.63, 3.8) is 0 Å². The van der Waals surface area contributed by atoms with Gasteiger partial charge in [-0.2, -0.15) is 0 Å². The van der Waals surface area contributed by atoms with Crippen LogP contribution in [0.25, 0.3) is 10.9 Å². The van der Waals surface area contributed by atoms with Crippen LogP contribution in [0.4, 0.5) is 0 Å². The smallest absolute Gasteiger partial charge is 0.220 e. The zero-order chi connectivity index (χ0) is 16.9. The number of rotatable bonds is 6. The summed E-state index contributed by atoms with van der Waals surface area (Å²) in [6.45, 7) is 7.23. The molecule has 2 aromatic rings. The van der Waals surface area contributed by atoms with E-state index in [9.17, 15) is 4.79 Å². The van der Waals surface area contributed by atoms with Gasteiger partial charge in [-0.25, -0.2) is 0 Å². The number of aromatic nitrogens is 1. The quantitative estimate of drug-likeness (QED) is 0.763. The molecule has 0 aliphatic carbocycles. The van der Waals surface area contributed by atoms with Crippen LogP contribution in [0.2, 0.25) is 0 Å². The molecule has 3 N–H and O–H groups in total. The van der Waals surface area contributed by atoms with Gasteiger partial charge in [0.1, 0.15) is 0 Å². The average molecular weight is 327 g/mol. The first-order chi connectivity index (χ1) is 11.6. The fourth-order valence-electron chi connectivity index (χ4n) is 3.85. The predicted octanol–water partition coefficient (Wildman–Crippen LogP) is 3.16. The van der Waals surface area contributed by atoms with Crippen molar-refractivity contribution in [1.82, 2.24) is 15.6 Å². The van der Waals surface area contributed by atoms with Gasteiger partial charge in [-0.3, -0.25) is 4.79 Å². The lowest BCUT2D eigenvalue weighted by atomic mass is 9.84. The Labute approximate surface area is 144 Å². The molecule has 0 bridgehead atoms.